The van der Waals surface area contributed by atoms with Crippen LogP contribution in [0.2, 0.25) is 0 Å². The van der Waals surface area contributed by atoms with Crippen LogP contribution < -0.4 is 15.3 Å². The zero-order valence-electron chi connectivity index (χ0n) is 16.4. The Morgan fingerprint density at radius 1 is 1.25 bits per heavy atom. The second-order valence-electron chi connectivity index (χ2n) is 7.98. The van der Waals surface area contributed by atoms with Crippen molar-refractivity contribution < 1.29 is 9.53 Å². The van der Waals surface area contributed by atoms with Crippen LogP contribution in [0.1, 0.15) is 43.7 Å². The number of fused-ring (bicyclic) bond motifs is 2. The summed E-state index contributed by atoms with van der Waals surface area (Å²) in [7, 11) is 1.64. The van der Waals surface area contributed by atoms with Crippen LogP contribution in [0.5, 0.6) is 5.75 Å². The fraction of sp³-hybridized carbons (Fsp3) is 0.375. The third-order valence-corrected chi connectivity index (χ3v) is 6.06. The maximum Gasteiger partial charge on any atom is 0.253 e. The van der Waals surface area contributed by atoms with Gasteiger partial charge in [0.25, 0.3) is 5.91 Å². The molecule has 0 radical (unpaired) electrons. The monoisotopic (exact) mass is 372 g/mol. The smallest absolute Gasteiger partial charge is 0.253 e. The van der Waals surface area contributed by atoms with Crippen LogP contribution in [0.3, 0.4) is 0 Å². The molecule has 2 atom stereocenters. The number of hydrogen-bond acceptors (Lipinski definition) is 3. The van der Waals surface area contributed by atoms with E-state index < -0.39 is 5.41 Å². The molecule has 2 aliphatic rings. The van der Waals surface area contributed by atoms with E-state index in [4.69, 9.17) is 4.74 Å². The predicted octanol–water partition coefficient (Wildman–Crippen LogP) is 3.22. The summed E-state index contributed by atoms with van der Waals surface area (Å²) < 4.78 is 5.31. The lowest BCUT2D eigenvalue weighted by Crippen LogP contribution is -2.40. The molecule has 0 N–H and O–H groups in total. The van der Waals surface area contributed by atoms with Gasteiger partial charge in [-0.2, -0.15) is 5.26 Å². The molecular weight excluding hydrogens is 348 g/mol. The number of nitrogens with zero attached hydrogens (tertiary/aromatic N) is 2. The fourth-order valence-electron chi connectivity index (χ4n) is 4.44. The number of ether oxygens (including phenoxy) is 1. The summed E-state index contributed by atoms with van der Waals surface area (Å²) >= 11 is 0. The summed E-state index contributed by atoms with van der Waals surface area (Å²) in [5.41, 5.74) is 2.45. The van der Waals surface area contributed by atoms with Crippen molar-refractivity contribution in [3.8, 4) is 11.8 Å². The lowest BCUT2D eigenvalue weighted by atomic mass is 9.77. The van der Waals surface area contributed by atoms with Crippen molar-refractivity contribution in [1.82, 2.24) is 0 Å². The third kappa shape index (κ3) is 3.22. The van der Waals surface area contributed by atoms with Gasteiger partial charge in [-0.25, -0.2) is 4.99 Å². The van der Waals surface area contributed by atoms with Crippen molar-refractivity contribution in [3.05, 3.63) is 64.2 Å². The molecule has 0 spiro atoms. The normalized spacial score (nSPS) is 20.2. The van der Waals surface area contributed by atoms with Crippen molar-refractivity contribution in [1.29, 1.82) is 5.26 Å². The van der Waals surface area contributed by atoms with Crippen molar-refractivity contribution >= 4 is 11.5 Å². The fourth-order valence-corrected chi connectivity index (χ4v) is 4.44. The van der Waals surface area contributed by atoms with Gasteiger partial charge in [0.15, 0.2) is 0 Å². The minimum Gasteiger partial charge on any atom is -0.497 e. The summed E-state index contributed by atoms with van der Waals surface area (Å²) in [6.45, 7) is 1.94. The molecule has 2 unspecified atom stereocenters. The number of hydrogen-bond donors (Lipinski definition) is 0. The van der Waals surface area contributed by atoms with Crippen LogP contribution >= 0.6 is 0 Å². The van der Waals surface area contributed by atoms with Gasteiger partial charge in [0.2, 0.25) is 0 Å². The molecule has 2 aromatic rings. The first-order chi connectivity index (χ1) is 13.5. The van der Waals surface area contributed by atoms with E-state index in [2.05, 4.69) is 17.1 Å². The van der Waals surface area contributed by atoms with Crippen LogP contribution in [0.25, 0.3) is 5.57 Å². The van der Waals surface area contributed by atoms with E-state index >= 15 is 0 Å². The highest BCUT2D eigenvalue weighted by atomic mass is 16.5. The van der Waals surface area contributed by atoms with Crippen molar-refractivity contribution in [2.45, 2.75) is 44.4 Å². The first-order valence-corrected chi connectivity index (χ1v) is 9.84. The SMILES string of the molecule is COc1cccc(CC(C)(C#N)c2ccc3c(c2)=NC(=O)C2CCCCC=32)c1. The van der Waals surface area contributed by atoms with Gasteiger partial charge >= 0.3 is 0 Å². The molecule has 0 aromatic heterocycles. The second kappa shape index (κ2) is 7.24. The molecule has 1 fully saturated rings. The number of nitriles is 1. The molecule has 28 heavy (non-hydrogen) atoms. The molecule has 1 aliphatic carbocycles. The number of carbonyl (C=O) groups is 1. The van der Waals surface area contributed by atoms with Crippen LogP contribution in [0.15, 0.2) is 47.5 Å². The molecular formula is C24H24N2O2. The minimum absolute atomic E-state index is 0.0224. The largest absolute Gasteiger partial charge is 0.497 e. The number of methoxy groups -OCH3 is 1. The van der Waals surface area contributed by atoms with Gasteiger partial charge in [-0.15, -0.1) is 0 Å². The first-order valence-electron chi connectivity index (χ1n) is 9.84. The van der Waals surface area contributed by atoms with E-state index in [1.165, 1.54) is 5.57 Å². The van der Waals surface area contributed by atoms with Gasteiger partial charge in [0.1, 0.15) is 5.75 Å². The van der Waals surface area contributed by atoms with E-state index in [1.807, 2.05) is 43.3 Å². The van der Waals surface area contributed by atoms with Gasteiger partial charge in [0, 0.05) is 5.22 Å². The molecule has 142 valence electrons. The average molecular weight is 372 g/mol. The minimum atomic E-state index is -0.714. The Morgan fingerprint density at radius 2 is 2.11 bits per heavy atom. The molecule has 1 amide bonds. The molecule has 4 heteroatoms. The van der Waals surface area contributed by atoms with E-state index in [0.29, 0.717) is 6.42 Å². The summed E-state index contributed by atoms with van der Waals surface area (Å²) in [6, 6.07) is 16.3. The quantitative estimate of drug-likeness (QED) is 0.828. The van der Waals surface area contributed by atoms with Crippen LogP contribution in [0.4, 0.5) is 0 Å². The number of amides is 1. The molecule has 1 heterocycles. The van der Waals surface area contributed by atoms with Crippen LogP contribution in [-0.2, 0) is 16.6 Å². The second-order valence-corrected chi connectivity index (χ2v) is 7.98. The lowest BCUT2D eigenvalue weighted by molar-refractivity contribution is -0.120. The Kier molecular flexibility index (Phi) is 4.77. The molecule has 0 saturated heterocycles. The van der Waals surface area contributed by atoms with E-state index in [0.717, 1.165) is 53.1 Å². The van der Waals surface area contributed by atoms with Crippen LogP contribution in [-0.4, -0.2) is 13.0 Å². The van der Waals surface area contributed by atoms with Crippen LogP contribution in [0, 0.1) is 17.2 Å². The Bertz CT molecular complexity index is 1100. The third-order valence-electron chi connectivity index (χ3n) is 6.06. The molecule has 4 rings (SSSR count). The summed E-state index contributed by atoms with van der Waals surface area (Å²) in [4.78, 5) is 16.9. The summed E-state index contributed by atoms with van der Waals surface area (Å²) in [6.07, 6.45) is 4.66. The highest BCUT2D eigenvalue weighted by molar-refractivity contribution is 5.90. The molecule has 1 saturated carbocycles. The predicted molar refractivity (Wildman–Crippen MR) is 107 cm³/mol. The van der Waals surface area contributed by atoms with Gasteiger partial charge in [0.05, 0.1) is 29.9 Å². The summed E-state index contributed by atoms with van der Waals surface area (Å²) in [5, 5.41) is 11.8. The van der Waals surface area contributed by atoms with Gasteiger partial charge < -0.3 is 4.74 Å². The van der Waals surface area contributed by atoms with Gasteiger partial charge in [-0.05, 0) is 67.5 Å². The molecule has 2 aromatic carbocycles. The highest BCUT2D eigenvalue weighted by Crippen LogP contribution is 2.32. The average Bonchev–Trinajstić information content (AvgIpc) is 2.73. The van der Waals surface area contributed by atoms with Crippen molar-refractivity contribution in [2.24, 2.45) is 10.9 Å². The van der Waals surface area contributed by atoms with E-state index in [-0.39, 0.29) is 11.8 Å². The first kappa shape index (κ1) is 18.4. The maximum absolute atomic E-state index is 12.5. The van der Waals surface area contributed by atoms with E-state index in [1.54, 1.807) is 7.11 Å². The number of benzene rings is 2. The standard InChI is InChI=1S/C24H24N2O2/c1-24(15-25,14-16-6-5-7-18(12-16)28-2)17-10-11-20-19-8-3-4-9-21(19)23(27)26-22(20)13-17/h5-7,10-13,21H,3-4,8-9,14H2,1-2H3. The number of rotatable bonds is 4. The topological polar surface area (TPSA) is 62.4 Å². The summed E-state index contributed by atoms with van der Waals surface area (Å²) in [5.74, 6) is 0.723. The zero-order chi connectivity index (χ0) is 19.7. The Balaban J connectivity index is 1.76. The Labute approximate surface area is 165 Å². The molecule has 1 aliphatic heterocycles. The van der Waals surface area contributed by atoms with Crippen molar-refractivity contribution in [2.75, 3.05) is 7.11 Å². The Morgan fingerprint density at radius 3 is 2.89 bits per heavy atom. The van der Waals surface area contributed by atoms with Gasteiger partial charge in [-0.3, -0.25) is 4.79 Å². The molecule has 0 bridgehead atoms. The highest BCUT2D eigenvalue weighted by Gasteiger charge is 2.31. The van der Waals surface area contributed by atoms with E-state index in [9.17, 15) is 10.1 Å². The molecule has 4 nitrogen and oxygen atoms in total. The van der Waals surface area contributed by atoms with Gasteiger partial charge in [-0.1, -0.05) is 30.7 Å². The zero-order valence-corrected chi connectivity index (χ0v) is 16.4. The number of carbonyl (C=O) groups excluding carboxylic acids is 1. The maximum atomic E-state index is 12.5. The lowest BCUT2D eigenvalue weighted by Gasteiger charge is -2.26. The Hall–Kier alpha value is -2.93. The van der Waals surface area contributed by atoms with Crippen molar-refractivity contribution in [3.63, 3.8) is 0 Å².